The number of allylic oxidation sites excluding steroid dienone is 1. The van der Waals surface area contributed by atoms with Crippen molar-refractivity contribution in [2.75, 3.05) is 6.61 Å². The topological polar surface area (TPSA) is 9.23 Å². The Hall–Kier alpha value is 0.617. The van der Waals surface area contributed by atoms with Crippen molar-refractivity contribution in [3.05, 3.63) is 21.6 Å². The van der Waals surface area contributed by atoms with Gasteiger partial charge in [0.1, 0.15) is 0 Å². The molecule has 0 rings (SSSR count). The van der Waals surface area contributed by atoms with Gasteiger partial charge in [0, 0.05) is 6.61 Å². The minimum absolute atomic E-state index is 0.279. The molecule has 0 aliphatic carbocycles. The van der Waals surface area contributed by atoms with Crippen LogP contribution in [0.4, 0.5) is 0 Å². The van der Waals surface area contributed by atoms with E-state index >= 15 is 0 Å². The molecule has 0 saturated heterocycles. The molecule has 0 unspecified atom stereocenters. The summed E-state index contributed by atoms with van der Waals surface area (Å²) in [5.41, 5.74) is 1.30. The maximum absolute atomic E-state index is 6.15. The fourth-order valence-corrected chi connectivity index (χ4v) is 2.86. The fraction of sp³-hybridized carbons (Fsp3) is 0.692. The van der Waals surface area contributed by atoms with Crippen molar-refractivity contribution in [1.82, 2.24) is 0 Å². The van der Waals surface area contributed by atoms with Crippen LogP contribution in [-0.2, 0) is 4.43 Å². The van der Waals surface area contributed by atoms with Crippen LogP contribution < -0.4 is 0 Å². The van der Waals surface area contributed by atoms with Crippen LogP contribution in [0, 0.1) is 0 Å². The van der Waals surface area contributed by atoms with Gasteiger partial charge in [-0.2, -0.15) is 0 Å². The minimum Gasteiger partial charge on any atom is -0.417 e. The molecule has 4 heteroatoms. The first-order valence-electron chi connectivity index (χ1n) is 5.89. The first kappa shape index (κ1) is 17.6. The summed E-state index contributed by atoms with van der Waals surface area (Å²) in [6, 6.07) is 0. The smallest absolute Gasteiger partial charge is 0.191 e. The second-order valence-electron chi connectivity index (χ2n) is 5.72. The molecule has 0 atom stereocenters. The zero-order valence-corrected chi connectivity index (χ0v) is 15.7. The van der Waals surface area contributed by atoms with Crippen LogP contribution in [0.1, 0.15) is 33.6 Å². The summed E-state index contributed by atoms with van der Waals surface area (Å²) < 4.78 is 7.18. The number of hydrogen-bond acceptors (Lipinski definition) is 1. The average molecular weight is 384 g/mol. The van der Waals surface area contributed by atoms with Gasteiger partial charge in [-0.25, -0.2) is 0 Å². The Labute approximate surface area is 124 Å². The summed E-state index contributed by atoms with van der Waals surface area (Å²) in [4.78, 5) is 0. The van der Waals surface area contributed by atoms with E-state index in [9.17, 15) is 0 Å². The van der Waals surface area contributed by atoms with Gasteiger partial charge in [-0.15, -0.1) is 6.58 Å². The summed E-state index contributed by atoms with van der Waals surface area (Å²) in [5, 5.41) is 0.279. The Morgan fingerprint density at radius 3 is 2.18 bits per heavy atom. The maximum atomic E-state index is 6.15. The third kappa shape index (κ3) is 6.37. The summed E-state index contributed by atoms with van der Waals surface area (Å²) in [7, 11) is -1.61. The molecule has 1 nitrogen and oxygen atoms in total. The van der Waals surface area contributed by atoms with Gasteiger partial charge in [0.05, 0.1) is 3.39 Å². The Morgan fingerprint density at radius 1 is 1.29 bits per heavy atom. The molecule has 0 saturated carbocycles. The third-order valence-electron chi connectivity index (χ3n) is 3.33. The predicted octanol–water partition coefficient (Wildman–Crippen LogP) is 5.98. The van der Waals surface area contributed by atoms with Crippen molar-refractivity contribution in [1.29, 1.82) is 0 Å². The quantitative estimate of drug-likeness (QED) is 0.405. The van der Waals surface area contributed by atoms with Gasteiger partial charge in [0.25, 0.3) is 0 Å². The Morgan fingerprint density at radius 2 is 1.82 bits per heavy atom. The van der Waals surface area contributed by atoms with Crippen LogP contribution in [0.5, 0.6) is 0 Å². The molecular formula is C13H24Br2OSi. The van der Waals surface area contributed by atoms with E-state index in [1.54, 1.807) is 0 Å². The van der Waals surface area contributed by atoms with Gasteiger partial charge in [-0.3, -0.25) is 0 Å². The molecule has 0 bridgehead atoms. The Bertz CT molecular complexity index is 286. The predicted molar refractivity (Wildman–Crippen MR) is 87.5 cm³/mol. The lowest BCUT2D eigenvalue weighted by Gasteiger charge is -2.36. The first-order chi connectivity index (χ1) is 7.62. The molecule has 0 aliphatic heterocycles. The van der Waals surface area contributed by atoms with Gasteiger partial charge in [0.15, 0.2) is 8.32 Å². The van der Waals surface area contributed by atoms with Crippen LogP contribution >= 0.6 is 31.9 Å². The van der Waals surface area contributed by atoms with Crippen LogP contribution in [-0.4, -0.2) is 14.9 Å². The lowest BCUT2D eigenvalue weighted by atomic mass is 10.1. The molecule has 0 aliphatic rings. The molecule has 100 valence electrons. The summed E-state index contributed by atoms with van der Waals surface area (Å²) in [5.74, 6) is 0. The molecule has 0 aromatic carbocycles. The molecular weight excluding hydrogens is 360 g/mol. The highest BCUT2D eigenvalue weighted by Gasteiger charge is 2.36. The summed E-state index contributed by atoms with van der Waals surface area (Å²) >= 11 is 6.93. The number of halogens is 2. The number of hydrogen-bond donors (Lipinski definition) is 0. The van der Waals surface area contributed by atoms with Crippen molar-refractivity contribution in [2.24, 2.45) is 0 Å². The van der Waals surface area contributed by atoms with E-state index < -0.39 is 8.32 Å². The molecule has 0 heterocycles. The Balaban J connectivity index is 4.32. The summed E-state index contributed by atoms with van der Waals surface area (Å²) in [6.07, 6.45) is 3.77. The number of rotatable bonds is 6. The second-order valence-corrected chi connectivity index (χ2v) is 13.2. The van der Waals surface area contributed by atoms with Gasteiger partial charge < -0.3 is 4.43 Å². The van der Waals surface area contributed by atoms with Crippen LogP contribution in [0.3, 0.4) is 0 Å². The molecule has 17 heavy (non-hydrogen) atoms. The first-order valence-corrected chi connectivity index (χ1v) is 10.4. The molecule has 0 N–H and O–H groups in total. The maximum Gasteiger partial charge on any atom is 0.191 e. The third-order valence-corrected chi connectivity index (χ3v) is 8.99. The largest absolute Gasteiger partial charge is 0.417 e. The molecule has 0 radical (unpaired) electrons. The molecule has 0 fully saturated rings. The normalized spacial score (nSPS) is 12.4. The van der Waals surface area contributed by atoms with Crippen LogP contribution in [0.25, 0.3) is 0 Å². The highest BCUT2D eigenvalue weighted by atomic mass is 79.9. The van der Waals surface area contributed by atoms with Gasteiger partial charge in [-0.05, 0) is 68.4 Å². The highest BCUT2D eigenvalue weighted by molar-refractivity contribution is 9.28. The average Bonchev–Trinajstić information content (AvgIpc) is 2.14. The van der Waals surface area contributed by atoms with Crippen molar-refractivity contribution in [2.45, 2.75) is 51.7 Å². The van der Waals surface area contributed by atoms with E-state index in [1.807, 2.05) is 6.08 Å². The van der Waals surface area contributed by atoms with Crippen molar-refractivity contribution in [3.63, 3.8) is 0 Å². The van der Waals surface area contributed by atoms with Crippen molar-refractivity contribution < 1.29 is 4.43 Å². The van der Waals surface area contributed by atoms with E-state index in [4.69, 9.17) is 4.43 Å². The molecule has 0 aromatic rings. The summed E-state index contributed by atoms with van der Waals surface area (Å²) in [6.45, 7) is 15.9. The van der Waals surface area contributed by atoms with Crippen LogP contribution in [0.2, 0.25) is 18.1 Å². The van der Waals surface area contributed by atoms with Gasteiger partial charge in [0.2, 0.25) is 0 Å². The zero-order valence-electron chi connectivity index (χ0n) is 11.6. The van der Waals surface area contributed by atoms with Crippen molar-refractivity contribution >= 4 is 40.2 Å². The van der Waals surface area contributed by atoms with E-state index in [0.29, 0.717) is 0 Å². The lowest BCUT2D eigenvalue weighted by Crippen LogP contribution is -2.41. The SMILES string of the molecule is C=CCC(CCO[Si](C)(C)C(C)(C)C)=C(Br)Br. The van der Waals surface area contributed by atoms with Gasteiger partial charge >= 0.3 is 0 Å². The minimum atomic E-state index is -1.61. The van der Waals surface area contributed by atoms with E-state index in [2.05, 4.69) is 72.3 Å². The standard InChI is InChI=1S/C13H24Br2OSi/c1-7-8-11(12(14)15)9-10-16-17(5,6)13(2,3)4/h7H,1,8-10H2,2-6H3. The molecule has 0 spiro atoms. The van der Waals surface area contributed by atoms with E-state index in [0.717, 1.165) is 22.8 Å². The Kier molecular flexibility index (Phi) is 7.53. The highest BCUT2D eigenvalue weighted by Crippen LogP contribution is 2.37. The van der Waals surface area contributed by atoms with E-state index in [-0.39, 0.29) is 5.04 Å². The van der Waals surface area contributed by atoms with Gasteiger partial charge in [-0.1, -0.05) is 26.8 Å². The molecule has 0 aromatic heterocycles. The zero-order chi connectivity index (χ0) is 13.7. The lowest BCUT2D eigenvalue weighted by molar-refractivity contribution is 0.291. The fourth-order valence-electron chi connectivity index (χ4n) is 1.09. The monoisotopic (exact) mass is 382 g/mol. The second kappa shape index (κ2) is 7.27. The molecule has 0 amide bonds. The van der Waals surface area contributed by atoms with E-state index in [1.165, 1.54) is 5.57 Å². The van der Waals surface area contributed by atoms with Crippen LogP contribution in [0.15, 0.2) is 21.6 Å². The van der Waals surface area contributed by atoms with Crippen molar-refractivity contribution in [3.8, 4) is 0 Å².